The summed E-state index contributed by atoms with van der Waals surface area (Å²) in [6.45, 7) is 2.23. The van der Waals surface area contributed by atoms with Crippen molar-refractivity contribution in [2.24, 2.45) is 5.73 Å². The number of aldehydes is 1. The molecule has 0 spiro atoms. The van der Waals surface area contributed by atoms with E-state index in [0.717, 1.165) is 16.5 Å². The zero-order valence-electron chi connectivity index (χ0n) is 46.8. The second-order valence-corrected chi connectivity index (χ2v) is 20.6. The molecule has 0 saturated heterocycles. The van der Waals surface area contributed by atoms with Gasteiger partial charge < -0.3 is 68.0 Å². The number of nitrogens with one attached hydrogen (secondary N) is 10. The van der Waals surface area contributed by atoms with Crippen LogP contribution in [-0.4, -0.2) is 159 Å². The summed E-state index contributed by atoms with van der Waals surface area (Å²) < 4.78 is 7.86. The molecule has 5 aromatic rings. The van der Waals surface area contributed by atoms with Gasteiger partial charge in [-0.3, -0.25) is 33.6 Å². The molecule has 4 aromatic carbocycles. The maximum absolute atomic E-state index is 14.9. The van der Waals surface area contributed by atoms with Crippen LogP contribution in [0, 0.1) is 0 Å². The second-order valence-electron chi connectivity index (χ2n) is 19.9. The number of carbonyl (C=O) groups is 8. The molecule has 7 amide bonds. The van der Waals surface area contributed by atoms with Crippen LogP contribution in [0.4, 0.5) is 0 Å². The fraction of sp³-hybridized carbons (Fsp3) is 0.414. The van der Waals surface area contributed by atoms with Gasteiger partial charge in [0.2, 0.25) is 41.4 Å². The quantitative estimate of drug-likeness (QED) is 0.0106. The van der Waals surface area contributed by atoms with Gasteiger partial charge >= 0.3 is 0 Å². The summed E-state index contributed by atoms with van der Waals surface area (Å²) >= 11 is 8.55. The lowest BCUT2D eigenvalue weighted by Crippen LogP contribution is -2.62. The topological polar surface area (TPSA) is 347 Å². The molecule has 0 aliphatic carbocycles. The number of aliphatic hydroxyl groups is 3. The maximum atomic E-state index is 14.9. The van der Waals surface area contributed by atoms with E-state index < -0.39 is 121 Å². The van der Waals surface area contributed by atoms with Gasteiger partial charge in [0.15, 0.2) is 0 Å². The van der Waals surface area contributed by atoms with E-state index in [9.17, 15) is 53.7 Å². The predicted molar refractivity (Wildman–Crippen MR) is 317 cm³/mol. The molecule has 0 fully saturated rings. The fourth-order valence-electron chi connectivity index (χ4n) is 8.78. The molecule has 0 bridgehead atoms. The summed E-state index contributed by atoms with van der Waals surface area (Å²) in [4.78, 5) is 115. The Morgan fingerprint density at radius 2 is 1.01 bits per heavy atom. The first-order valence-electron chi connectivity index (χ1n) is 27.6. The number of aromatic nitrogens is 1. The number of thiol groups is 2. The van der Waals surface area contributed by atoms with Crippen molar-refractivity contribution in [1.29, 1.82) is 0 Å². The van der Waals surface area contributed by atoms with Crippen LogP contribution in [-0.2, 0) is 64.0 Å². The van der Waals surface area contributed by atoms with E-state index in [2.05, 4.69) is 78.3 Å². The lowest BCUT2D eigenvalue weighted by atomic mass is 10.0. The standard InChI is InChI=1S/C58H77N11O11S2/c1-35(72)48(32-71)65-56(78)49(33-81)66-58(80)51(36(2)73)67-54(76)45(27-38-18-8-4-9-19-38)63-52(74)44(24-14-15-25-59)62-53(75)46(29-40-30-60-43-23-13-12-22-42(40)43)64-55(77)47(28-39-20-10-5-11-21-39)68-69-50(34-82)57(79)61-41(31-70)26-37-16-6-3-7-17-37/h3-13,16-23,30-31,35-36,41,44-51,60,68-69,71-73,81-82H,14-15,24-29,32-34,59H2,1-2H3,(H,61,79)(H,62,75)(H,63,74)(H,64,77)(H,65,78)(H,66,80)(H,67,76)/t35?,36-,41+,44?,45+,46+,47?,48?,49+,50?,51+/m1/s1/i31D. The number of aromatic amines is 1. The van der Waals surface area contributed by atoms with E-state index in [1.54, 1.807) is 97.2 Å². The van der Waals surface area contributed by atoms with Gasteiger partial charge in [-0.25, -0.2) is 10.9 Å². The Kier molecular flexibility index (Phi) is 26.8. The third-order valence-electron chi connectivity index (χ3n) is 13.5. The van der Waals surface area contributed by atoms with E-state index in [1.165, 1.54) is 13.8 Å². The zero-order valence-corrected chi connectivity index (χ0v) is 47.5. The van der Waals surface area contributed by atoms with Crippen molar-refractivity contribution in [3.63, 3.8) is 0 Å². The number of amides is 7. The molecule has 82 heavy (non-hydrogen) atoms. The molecule has 1 aromatic heterocycles. The molecule has 0 aliphatic rings. The first-order chi connectivity index (χ1) is 39.8. The minimum Gasteiger partial charge on any atom is -0.394 e. The van der Waals surface area contributed by atoms with Gasteiger partial charge in [0.25, 0.3) is 0 Å². The molecule has 0 radical (unpaired) electrons. The van der Waals surface area contributed by atoms with Crippen LogP contribution >= 0.6 is 25.3 Å². The third kappa shape index (κ3) is 20.7. The Morgan fingerprint density at radius 3 is 1.56 bits per heavy atom. The Morgan fingerprint density at radius 1 is 0.549 bits per heavy atom. The maximum Gasteiger partial charge on any atom is 0.245 e. The molecule has 22 nitrogen and oxygen atoms in total. The average molecular weight is 1170 g/mol. The normalized spacial score (nSPS) is 15.5. The van der Waals surface area contributed by atoms with Gasteiger partial charge in [-0.2, -0.15) is 25.3 Å². The minimum atomic E-state index is -1.68. The smallest absolute Gasteiger partial charge is 0.245 e. The molecule has 0 aliphatic heterocycles. The van der Waals surface area contributed by atoms with E-state index >= 15 is 0 Å². The number of unbranched alkanes of at least 4 members (excludes halogenated alkanes) is 1. The summed E-state index contributed by atoms with van der Waals surface area (Å²) in [5.74, 6) is -6.03. The molecule has 11 atom stereocenters. The van der Waals surface area contributed by atoms with Crippen molar-refractivity contribution in [3.8, 4) is 0 Å². The van der Waals surface area contributed by atoms with Crippen molar-refractivity contribution < 1.29 is 55.0 Å². The van der Waals surface area contributed by atoms with Crippen LogP contribution in [0.1, 0.15) is 56.7 Å². The molecule has 0 saturated carbocycles. The number of nitrogens with two attached hydrogens (primary N) is 1. The van der Waals surface area contributed by atoms with Crippen LogP contribution in [0.25, 0.3) is 10.9 Å². The van der Waals surface area contributed by atoms with Gasteiger partial charge in [0.05, 0.1) is 30.9 Å². The zero-order chi connectivity index (χ0) is 60.4. The summed E-state index contributed by atoms with van der Waals surface area (Å²) in [5.41, 5.74) is 15.1. The van der Waals surface area contributed by atoms with Gasteiger partial charge in [-0.15, -0.1) is 0 Å². The monoisotopic (exact) mass is 1170 g/mol. The second kappa shape index (κ2) is 34.3. The SMILES string of the molecule is [2H]C(=O)[C@H](Cc1ccccc1)NC(=O)C(CS)NNC(Cc1ccccc1)C(=O)N[C@@H](Cc1c[nH]c2ccccc12)C(=O)NC(CCCCN)C(=O)N[C@@H](Cc1ccccc1)C(=O)N[C@H](C(=O)N[C@@H](CS)C(=O)NC(CO)C(C)O)[C@@H](C)O. The van der Waals surface area contributed by atoms with Crippen LogP contribution in [0.15, 0.2) is 121 Å². The summed E-state index contributed by atoms with van der Waals surface area (Å²) in [7, 11) is 0. The van der Waals surface area contributed by atoms with Crippen molar-refractivity contribution >= 4 is 83.8 Å². The van der Waals surface area contributed by atoms with Crippen LogP contribution < -0.4 is 53.8 Å². The first kappa shape index (κ1) is 64.0. The number of H-pyrrole nitrogens is 1. The van der Waals surface area contributed by atoms with Gasteiger partial charge in [0.1, 0.15) is 49.9 Å². The van der Waals surface area contributed by atoms with Crippen LogP contribution in [0.5, 0.6) is 0 Å². The molecule has 15 N–H and O–H groups in total. The number of carbonyl (C=O) groups excluding carboxylic acids is 8. The number of fused-ring (bicyclic) bond motifs is 1. The highest BCUT2D eigenvalue weighted by molar-refractivity contribution is 7.80. The lowest BCUT2D eigenvalue weighted by Gasteiger charge is -2.29. The number of hydrogen-bond donors (Lipinski definition) is 16. The summed E-state index contributed by atoms with van der Waals surface area (Å²) in [6, 6.07) is 22.1. The molecule has 1 heterocycles. The van der Waals surface area contributed by atoms with E-state index in [0.29, 0.717) is 29.5 Å². The number of aliphatic hydroxyl groups excluding tert-OH is 3. The van der Waals surface area contributed by atoms with Gasteiger partial charge in [-0.05, 0) is 80.8 Å². The van der Waals surface area contributed by atoms with Crippen LogP contribution in [0.2, 0.25) is 0 Å². The van der Waals surface area contributed by atoms with Crippen molar-refractivity contribution in [1.82, 2.24) is 53.1 Å². The average Bonchev–Trinajstić information content (AvgIpc) is 4.03. The summed E-state index contributed by atoms with van der Waals surface area (Å²) in [5, 5.41) is 49.6. The highest BCUT2D eigenvalue weighted by Crippen LogP contribution is 2.20. The number of hydrazine groups is 1. The van der Waals surface area contributed by atoms with Gasteiger partial charge in [0, 0.05) is 41.4 Å². The number of rotatable bonds is 35. The largest absolute Gasteiger partial charge is 0.394 e. The Labute approximate surface area is 489 Å². The highest BCUT2D eigenvalue weighted by Gasteiger charge is 2.36. The predicted octanol–water partition coefficient (Wildman–Crippen LogP) is -0.395. The van der Waals surface area contributed by atoms with Gasteiger partial charge in [-0.1, -0.05) is 109 Å². The highest BCUT2D eigenvalue weighted by atomic mass is 32.1. The van der Waals surface area contributed by atoms with Crippen molar-refractivity contribution in [3.05, 3.63) is 144 Å². The molecular weight excluding hydrogens is 1090 g/mol. The van der Waals surface area contributed by atoms with E-state index in [1.807, 2.05) is 24.3 Å². The van der Waals surface area contributed by atoms with E-state index in [4.69, 9.17) is 7.10 Å². The number of hydrogen-bond acceptors (Lipinski definition) is 16. The Balaban J connectivity index is 1.42. The van der Waals surface area contributed by atoms with Crippen molar-refractivity contribution in [2.75, 3.05) is 24.7 Å². The van der Waals surface area contributed by atoms with E-state index in [-0.39, 0.29) is 50.2 Å². The number of para-hydroxylation sites is 1. The molecule has 5 unspecified atom stereocenters. The molecule has 24 heteroatoms. The molecular formula is C58H77N11O11S2. The number of benzene rings is 4. The van der Waals surface area contributed by atoms with Crippen LogP contribution in [0.3, 0.4) is 0 Å². The minimum absolute atomic E-state index is 0.0214. The summed E-state index contributed by atoms with van der Waals surface area (Å²) in [6.07, 6.45) is -1.31. The fourth-order valence-corrected chi connectivity index (χ4v) is 9.30. The lowest BCUT2D eigenvalue weighted by molar-refractivity contribution is -0.136. The third-order valence-corrected chi connectivity index (χ3v) is 14.2. The Hall–Kier alpha value is -7.16. The Bertz CT molecular complexity index is 2890. The molecule has 442 valence electrons. The molecule has 5 rings (SSSR count). The first-order valence-corrected chi connectivity index (χ1v) is 28.3. The van der Waals surface area contributed by atoms with Crippen molar-refractivity contribution in [2.45, 2.75) is 125 Å².